The SMILES string of the molecule is CC(C)c1c(Cl)ncnc1N(C)CC1CC2CCC1C2. The Morgan fingerprint density at radius 1 is 1.30 bits per heavy atom. The van der Waals surface area contributed by atoms with Crippen LogP contribution in [0.1, 0.15) is 51.0 Å². The molecule has 0 amide bonds. The summed E-state index contributed by atoms with van der Waals surface area (Å²) in [6, 6.07) is 0. The molecule has 0 aromatic carbocycles. The normalized spacial score (nSPS) is 28.4. The van der Waals surface area contributed by atoms with Crippen LogP contribution in [0.15, 0.2) is 6.33 Å². The van der Waals surface area contributed by atoms with E-state index in [2.05, 4.69) is 35.8 Å². The molecule has 3 nitrogen and oxygen atoms in total. The molecule has 2 bridgehead atoms. The average molecular weight is 294 g/mol. The highest BCUT2D eigenvalue weighted by Crippen LogP contribution is 2.48. The lowest BCUT2D eigenvalue weighted by molar-refractivity contribution is 0.337. The summed E-state index contributed by atoms with van der Waals surface area (Å²) in [5.74, 6) is 4.15. The third kappa shape index (κ3) is 2.52. The Bertz CT molecular complexity index is 489. The number of hydrogen-bond acceptors (Lipinski definition) is 3. The summed E-state index contributed by atoms with van der Waals surface area (Å²) in [7, 11) is 2.15. The molecule has 1 aromatic heterocycles. The number of fused-ring (bicyclic) bond motifs is 2. The van der Waals surface area contributed by atoms with Gasteiger partial charge in [-0.25, -0.2) is 9.97 Å². The summed E-state index contributed by atoms with van der Waals surface area (Å²) in [6.07, 6.45) is 7.35. The summed E-state index contributed by atoms with van der Waals surface area (Å²) >= 11 is 6.27. The molecule has 3 atom stereocenters. The van der Waals surface area contributed by atoms with Gasteiger partial charge in [0.2, 0.25) is 0 Å². The highest BCUT2D eigenvalue weighted by atomic mass is 35.5. The first kappa shape index (κ1) is 14.1. The van der Waals surface area contributed by atoms with E-state index in [0.717, 1.165) is 35.7 Å². The van der Waals surface area contributed by atoms with Crippen molar-refractivity contribution in [2.45, 2.75) is 45.4 Å². The predicted molar refractivity (Wildman–Crippen MR) is 83.3 cm³/mol. The molecule has 0 radical (unpaired) electrons. The van der Waals surface area contributed by atoms with Gasteiger partial charge in [0.1, 0.15) is 17.3 Å². The Balaban J connectivity index is 1.77. The average Bonchev–Trinajstić information content (AvgIpc) is 3.00. The van der Waals surface area contributed by atoms with Gasteiger partial charge in [0, 0.05) is 19.2 Å². The third-order valence-electron chi connectivity index (χ3n) is 5.15. The third-order valence-corrected chi connectivity index (χ3v) is 5.45. The van der Waals surface area contributed by atoms with E-state index >= 15 is 0 Å². The molecule has 3 unspecified atom stereocenters. The van der Waals surface area contributed by atoms with Crippen molar-refractivity contribution in [1.82, 2.24) is 9.97 Å². The van der Waals surface area contributed by atoms with E-state index in [1.54, 1.807) is 6.33 Å². The molecule has 110 valence electrons. The van der Waals surface area contributed by atoms with Crippen LogP contribution in [0.4, 0.5) is 5.82 Å². The molecule has 2 aliphatic carbocycles. The van der Waals surface area contributed by atoms with Gasteiger partial charge in [-0.1, -0.05) is 31.9 Å². The lowest BCUT2D eigenvalue weighted by Crippen LogP contribution is -2.30. The van der Waals surface area contributed by atoms with E-state index in [9.17, 15) is 0 Å². The molecule has 1 aromatic rings. The Morgan fingerprint density at radius 3 is 2.70 bits per heavy atom. The molecule has 20 heavy (non-hydrogen) atoms. The second kappa shape index (κ2) is 5.51. The summed E-state index contributed by atoms with van der Waals surface area (Å²) < 4.78 is 0. The number of nitrogens with zero attached hydrogens (tertiary/aromatic N) is 3. The van der Waals surface area contributed by atoms with Gasteiger partial charge in [-0.05, 0) is 42.9 Å². The van der Waals surface area contributed by atoms with Gasteiger partial charge in [-0.2, -0.15) is 0 Å². The minimum Gasteiger partial charge on any atom is -0.359 e. The molecule has 2 fully saturated rings. The van der Waals surface area contributed by atoms with Crippen molar-refractivity contribution >= 4 is 17.4 Å². The molecule has 3 rings (SSSR count). The second-order valence-corrected chi connectivity index (χ2v) is 7.23. The van der Waals surface area contributed by atoms with E-state index in [-0.39, 0.29) is 0 Å². The van der Waals surface area contributed by atoms with Crippen molar-refractivity contribution in [1.29, 1.82) is 0 Å². The molecule has 0 spiro atoms. The van der Waals surface area contributed by atoms with Gasteiger partial charge in [0.15, 0.2) is 0 Å². The largest absolute Gasteiger partial charge is 0.359 e. The minimum atomic E-state index is 0.348. The zero-order valence-electron chi connectivity index (χ0n) is 12.6. The van der Waals surface area contributed by atoms with Crippen LogP contribution in [-0.4, -0.2) is 23.6 Å². The highest BCUT2D eigenvalue weighted by Gasteiger charge is 2.39. The minimum absolute atomic E-state index is 0.348. The van der Waals surface area contributed by atoms with Crippen LogP contribution in [0, 0.1) is 17.8 Å². The Kier molecular flexibility index (Phi) is 3.89. The molecule has 2 saturated carbocycles. The lowest BCUT2D eigenvalue weighted by Gasteiger charge is -2.29. The number of halogens is 1. The fraction of sp³-hybridized carbons (Fsp3) is 0.750. The molecule has 0 aliphatic heterocycles. The number of aromatic nitrogens is 2. The number of hydrogen-bond donors (Lipinski definition) is 0. The molecule has 2 aliphatic rings. The first-order valence-electron chi connectivity index (χ1n) is 7.77. The van der Waals surface area contributed by atoms with Crippen LogP contribution in [-0.2, 0) is 0 Å². The Morgan fingerprint density at radius 2 is 2.10 bits per heavy atom. The first-order valence-corrected chi connectivity index (χ1v) is 8.15. The number of anilines is 1. The van der Waals surface area contributed by atoms with E-state index in [0.29, 0.717) is 11.1 Å². The monoisotopic (exact) mass is 293 g/mol. The van der Waals surface area contributed by atoms with E-state index in [1.807, 2.05) is 0 Å². The summed E-state index contributed by atoms with van der Waals surface area (Å²) in [4.78, 5) is 10.9. The lowest BCUT2D eigenvalue weighted by atomic mass is 9.88. The van der Waals surface area contributed by atoms with Gasteiger partial charge in [-0.15, -0.1) is 0 Å². The van der Waals surface area contributed by atoms with Crippen molar-refractivity contribution in [2.75, 3.05) is 18.5 Å². The van der Waals surface area contributed by atoms with Crippen molar-refractivity contribution in [2.24, 2.45) is 17.8 Å². The van der Waals surface area contributed by atoms with Gasteiger partial charge >= 0.3 is 0 Å². The molecule has 4 heteroatoms. The van der Waals surface area contributed by atoms with Crippen LogP contribution < -0.4 is 4.90 Å². The maximum absolute atomic E-state index is 6.27. The fourth-order valence-electron chi connectivity index (χ4n) is 4.20. The fourth-order valence-corrected chi connectivity index (χ4v) is 4.55. The van der Waals surface area contributed by atoms with Gasteiger partial charge in [0.25, 0.3) is 0 Å². The summed E-state index contributed by atoms with van der Waals surface area (Å²) in [5, 5.41) is 0.602. The first-order chi connectivity index (χ1) is 9.56. The van der Waals surface area contributed by atoms with Crippen LogP contribution in [0.3, 0.4) is 0 Å². The molecule has 0 N–H and O–H groups in total. The van der Waals surface area contributed by atoms with Gasteiger partial charge in [0.05, 0.1) is 0 Å². The maximum Gasteiger partial charge on any atom is 0.138 e. The Labute approximate surface area is 126 Å². The second-order valence-electron chi connectivity index (χ2n) is 6.87. The Hall–Kier alpha value is -0.830. The van der Waals surface area contributed by atoms with Crippen LogP contribution in [0.25, 0.3) is 0 Å². The maximum atomic E-state index is 6.27. The van der Waals surface area contributed by atoms with E-state index < -0.39 is 0 Å². The van der Waals surface area contributed by atoms with Crippen molar-refractivity contribution in [3.63, 3.8) is 0 Å². The predicted octanol–water partition coefficient (Wildman–Crippen LogP) is 4.13. The quantitative estimate of drug-likeness (QED) is 0.782. The number of rotatable bonds is 4. The smallest absolute Gasteiger partial charge is 0.138 e. The van der Waals surface area contributed by atoms with Crippen molar-refractivity contribution in [3.05, 3.63) is 17.0 Å². The summed E-state index contributed by atoms with van der Waals surface area (Å²) in [6.45, 7) is 5.41. The molecular formula is C16H24ClN3. The summed E-state index contributed by atoms with van der Waals surface area (Å²) in [5.41, 5.74) is 1.08. The topological polar surface area (TPSA) is 29.0 Å². The van der Waals surface area contributed by atoms with Crippen LogP contribution in [0.2, 0.25) is 5.15 Å². The van der Waals surface area contributed by atoms with Crippen molar-refractivity contribution < 1.29 is 0 Å². The molecular weight excluding hydrogens is 270 g/mol. The zero-order chi connectivity index (χ0) is 14.3. The van der Waals surface area contributed by atoms with E-state index in [4.69, 9.17) is 11.6 Å². The molecule has 0 saturated heterocycles. The van der Waals surface area contributed by atoms with Gasteiger partial charge < -0.3 is 4.90 Å². The standard InChI is InChI=1S/C16H24ClN3/c1-10(2)14-15(17)18-9-19-16(14)20(3)8-13-7-11-4-5-12(13)6-11/h9-13H,4-8H2,1-3H3. The van der Waals surface area contributed by atoms with Gasteiger partial charge in [-0.3, -0.25) is 0 Å². The highest BCUT2D eigenvalue weighted by molar-refractivity contribution is 6.30. The van der Waals surface area contributed by atoms with E-state index in [1.165, 1.54) is 25.7 Å². The van der Waals surface area contributed by atoms with Crippen molar-refractivity contribution in [3.8, 4) is 0 Å². The zero-order valence-corrected chi connectivity index (χ0v) is 13.4. The van der Waals surface area contributed by atoms with Crippen LogP contribution >= 0.6 is 11.6 Å². The molecule has 1 heterocycles. The van der Waals surface area contributed by atoms with Crippen LogP contribution in [0.5, 0.6) is 0 Å².